The quantitative estimate of drug-likeness (QED) is 0.349. The highest BCUT2D eigenvalue weighted by Gasteiger charge is 2.36. The summed E-state index contributed by atoms with van der Waals surface area (Å²) in [4.78, 5) is 54.8. The van der Waals surface area contributed by atoms with E-state index in [1.54, 1.807) is 48.7 Å². The summed E-state index contributed by atoms with van der Waals surface area (Å²) in [6.45, 7) is 2.17. The summed E-state index contributed by atoms with van der Waals surface area (Å²) in [6.07, 6.45) is 2.74. The molecular weight excluding hydrogens is 478 g/mol. The first kappa shape index (κ1) is 25.4. The van der Waals surface area contributed by atoms with Gasteiger partial charge in [-0.15, -0.1) is 0 Å². The van der Waals surface area contributed by atoms with Crippen LogP contribution in [-0.2, 0) is 20.9 Å². The van der Waals surface area contributed by atoms with Crippen LogP contribution < -0.4 is 20.9 Å². The number of nitrogens with zero attached hydrogens (tertiary/aromatic N) is 2. The molecule has 0 aliphatic carbocycles. The van der Waals surface area contributed by atoms with E-state index in [-0.39, 0.29) is 31.8 Å². The molecule has 11 heteroatoms. The molecular formula is C26H27N5O6. The average Bonchev–Trinajstić information content (AvgIpc) is 3.48. The molecule has 0 saturated carbocycles. The number of rotatable bonds is 9. The van der Waals surface area contributed by atoms with E-state index in [9.17, 15) is 24.3 Å². The van der Waals surface area contributed by atoms with Crippen LogP contribution in [0.5, 0.6) is 0 Å². The highest BCUT2D eigenvalue weighted by atomic mass is 16.4. The van der Waals surface area contributed by atoms with Gasteiger partial charge in [0.1, 0.15) is 11.5 Å². The van der Waals surface area contributed by atoms with Gasteiger partial charge in [-0.2, -0.15) is 0 Å². The number of carbonyl (C=O) groups is 4. The van der Waals surface area contributed by atoms with Crippen molar-refractivity contribution in [1.29, 1.82) is 0 Å². The smallest absolute Gasteiger partial charge is 0.319 e. The number of urea groups is 1. The number of hydrogen-bond acceptors (Lipinski definition) is 6. The molecule has 192 valence electrons. The third-order valence-electron chi connectivity index (χ3n) is 5.91. The van der Waals surface area contributed by atoms with Gasteiger partial charge < -0.3 is 30.4 Å². The molecule has 1 aliphatic rings. The zero-order valence-corrected chi connectivity index (χ0v) is 20.1. The summed E-state index contributed by atoms with van der Waals surface area (Å²) in [5.74, 6) is -0.994. The monoisotopic (exact) mass is 505 g/mol. The second-order valence-electron chi connectivity index (χ2n) is 8.72. The Morgan fingerprint density at radius 2 is 2.03 bits per heavy atom. The molecule has 2 atom stereocenters. The molecule has 1 aromatic carbocycles. The van der Waals surface area contributed by atoms with Gasteiger partial charge in [-0.1, -0.05) is 12.1 Å². The fourth-order valence-corrected chi connectivity index (χ4v) is 4.11. The zero-order chi connectivity index (χ0) is 26.4. The van der Waals surface area contributed by atoms with Crippen LogP contribution in [0.3, 0.4) is 0 Å². The highest BCUT2D eigenvalue weighted by Crippen LogP contribution is 2.28. The molecule has 4 rings (SSSR count). The lowest BCUT2D eigenvalue weighted by Gasteiger charge is -2.20. The van der Waals surface area contributed by atoms with Gasteiger partial charge in [0, 0.05) is 36.7 Å². The molecule has 37 heavy (non-hydrogen) atoms. The van der Waals surface area contributed by atoms with E-state index in [1.807, 2.05) is 13.0 Å². The van der Waals surface area contributed by atoms with Gasteiger partial charge in [0.2, 0.25) is 11.8 Å². The Labute approximate surface area is 212 Å². The maximum Gasteiger partial charge on any atom is 0.319 e. The number of furan rings is 1. The minimum atomic E-state index is -1.06. The fraction of sp³-hybridized carbons (Fsp3) is 0.269. The number of aliphatic carboxylic acids is 1. The Bertz CT molecular complexity index is 1290. The summed E-state index contributed by atoms with van der Waals surface area (Å²) >= 11 is 0. The Hall–Kier alpha value is -4.67. The van der Waals surface area contributed by atoms with Gasteiger partial charge in [-0.25, -0.2) is 4.79 Å². The molecule has 0 radical (unpaired) electrons. The van der Waals surface area contributed by atoms with Crippen LogP contribution in [-0.4, -0.2) is 40.5 Å². The minimum Gasteiger partial charge on any atom is -0.481 e. The van der Waals surface area contributed by atoms with Gasteiger partial charge in [-0.05, 0) is 48.9 Å². The number of pyridine rings is 1. The third-order valence-corrected chi connectivity index (χ3v) is 5.91. The summed E-state index contributed by atoms with van der Waals surface area (Å²) in [5, 5.41) is 17.4. The van der Waals surface area contributed by atoms with Crippen molar-refractivity contribution in [2.24, 2.45) is 5.92 Å². The largest absolute Gasteiger partial charge is 0.481 e. The number of nitrogens with one attached hydrogen (secondary N) is 3. The van der Waals surface area contributed by atoms with E-state index in [4.69, 9.17) is 4.42 Å². The lowest BCUT2D eigenvalue weighted by Crippen LogP contribution is -2.36. The first-order chi connectivity index (χ1) is 17.8. The molecule has 0 spiro atoms. The standard InChI is InChI=1S/C26H27N5O6/c1-16-7-8-21(37-16)14-28-26(36)29-19-5-2-6-20(11-19)31-15-18(10-23(31)32)25(35)30-22(12-24(33)34)17-4-3-9-27-13-17/h2-9,11,13,18,22H,10,12,14-15H2,1H3,(H,30,35)(H,33,34)(H2,28,29,36). The van der Waals surface area contributed by atoms with Crippen molar-refractivity contribution < 1.29 is 28.7 Å². The average molecular weight is 506 g/mol. The maximum atomic E-state index is 13.0. The lowest BCUT2D eigenvalue weighted by molar-refractivity contribution is -0.138. The van der Waals surface area contributed by atoms with Crippen LogP contribution in [0.1, 0.15) is 36.0 Å². The molecule has 4 amide bonds. The molecule has 3 heterocycles. The predicted octanol–water partition coefficient (Wildman–Crippen LogP) is 2.99. The van der Waals surface area contributed by atoms with E-state index >= 15 is 0 Å². The fourth-order valence-electron chi connectivity index (χ4n) is 4.11. The molecule has 1 saturated heterocycles. The summed E-state index contributed by atoms with van der Waals surface area (Å²) in [5.41, 5.74) is 1.58. The number of amides is 4. The zero-order valence-electron chi connectivity index (χ0n) is 20.1. The Morgan fingerprint density at radius 1 is 1.19 bits per heavy atom. The van der Waals surface area contributed by atoms with Crippen molar-refractivity contribution in [3.05, 3.63) is 78.0 Å². The molecule has 2 unspecified atom stereocenters. The van der Waals surface area contributed by atoms with E-state index in [0.717, 1.165) is 5.76 Å². The molecule has 0 bridgehead atoms. The summed E-state index contributed by atoms with van der Waals surface area (Å²) < 4.78 is 5.43. The first-order valence-corrected chi connectivity index (χ1v) is 11.7. The van der Waals surface area contributed by atoms with Crippen molar-refractivity contribution in [2.75, 3.05) is 16.8 Å². The van der Waals surface area contributed by atoms with Crippen molar-refractivity contribution in [2.45, 2.75) is 32.4 Å². The number of carboxylic acids is 1. The Kier molecular flexibility index (Phi) is 7.82. The summed E-state index contributed by atoms with van der Waals surface area (Å²) in [6, 6.07) is 12.5. The predicted molar refractivity (Wildman–Crippen MR) is 134 cm³/mol. The van der Waals surface area contributed by atoms with Crippen LogP contribution in [0.15, 0.2) is 65.3 Å². The number of aromatic nitrogens is 1. The number of anilines is 2. The van der Waals surface area contributed by atoms with E-state index in [0.29, 0.717) is 22.7 Å². The van der Waals surface area contributed by atoms with E-state index in [1.165, 1.54) is 11.1 Å². The van der Waals surface area contributed by atoms with Crippen molar-refractivity contribution in [3.8, 4) is 0 Å². The first-order valence-electron chi connectivity index (χ1n) is 11.7. The molecule has 1 fully saturated rings. The maximum absolute atomic E-state index is 13.0. The molecule has 11 nitrogen and oxygen atoms in total. The second kappa shape index (κ2) is 11.4. The Balaban J connectivity index is 1.37. The Morgan fingerprint density at radius 3 is 2.73 bits per heavy atom. The van der Waals surface area contributed by atoms with Crippen LogP contribution in [0.4, 0.5) is 16.2 Å². The molecule has 1 aliphatic heterocycles. The lowest BCUT2D eigenvalue weighted by atomic mass is 10.0. The minimum absolute atomic E-state index is 0.0145. The topological polar surface area (TPSA) is 154 Å². The van der Waals surface area contributed by atoms with Crippen LogP contribution in [0.2, 0.25) is 0 Å². The van der Waals surface area contributed by atoms with Gasteiger partial charge in [0.15, 0.2) is 0 Å². The van der Waals surface area contributed by atoms with Crippen LogP contribution in [0, 0.1) is 12.8 Å². The number of benzene rings is 1. The second-order valence-corrected chi connectivity index (χ2v) is 8.72. The molecule has 4 N–H and O–H groups in total. The van der Waals surface area contributed by atoms with Crippen LogP contribution in [0.25, 0.3) is 0 Å². The van der Waals surface area contributed by atoms with E-state index in [2.05, 4.69) is 20.9 Å². The van der Waals surface area contributed by atoms with Gasteiger partial charge in [0.05, 0.1) is 24.9 Å². The van der Waals surface area contributed by atoms with Gasteiger partial charge in [-0.3, -0.25) is 19.4 Å². The number of hydrogen-bond donors (Lipinski definition) is 4. The normalized spacial score (nSPS) is 15.8. The van der Waals surface area contributed by atoms with Gasteiger partial charge in [0.25, 0.3) is 0 Å². The highest BCUT2D eigenvalue weighted by molar-refractivity contribution is 6.01. The number of carbonyl (C=O) groups excluding carboxylic acids is 3. The molecule has 2 aromatic heterocycles. The van der Waals surface area contributed by atoms with Crippen molar-refractivity contribution in [3.63, 3.8) is 0 Å². The molecule has 3 aromatic rings. The van der Waals surface area contributed by atoms with Crippen molar-refractivity contribution in [1.82, 2.24) is 15.6 Å². The van der Waals surface area contributed by atoms with Crippen LogP contribution >= 0.6 is 0 Å². The van der Waals surface area contributed by atoms with Gasteiger partial charge >= 0.3 is 12.0 Å². The summed E-state index contributed by atoms with van der Waals surface area (Å²) in [7, 11) is 0. The number of aryl methyl sites for hydroxylation is 1. The number of carboxylic acid groups (broad SMARTS) is 1. The van der Waals surface area contributed by atoms with E-state index < -0.39 is 29.9 Å². The third kappa shape index (κ3) is 6.72. The SMILES string of the molecule is Cc1ccc(CNC(=O)Nc2cccc(N3CC(C(=O)NC(CC(=O)O)c4cccnc4)CC3=O)c2)o1. The van der Waals surface area contributed by atoms with Crippen molar-refractivity contribution >= 4 is 35.2 Å².